The fourth-order valence-electron chi connectivity index (χ4n) is 2.49. The number of hydrogen-bond donors (Lipinski definition) is 2. The van der Waals surface area contributed by atoms with E-state index in [0.29, 0.717) is 33.6 Å². The number of anilines is 1. The van der Waals surface area contributed by atoms with Crippen LogP contribution in [0.1, 0.15) is 17.3 Å². The highest BCUT2D eigenvalue weighted by atomic mass is 35.5. The molecule has 0 spiro atoms. The zero-order valence-electron chi connectivity index (χ0n) is 13.2. The quantitative estimate of drug-likeness (QED) is 0.736. The van der Waals surface area contributed by atoms with Crippen molar-refractivity contribution in [3.05, 3.63) is 46.6 Å². The van der Waals surface area contributed by atoms with Crippen molar-refractivity contribution in [3.63, 3.8) is 0 Å². The van der Waals surface area contributed by atoms with Gasteiger partial charge < -0.3 is 9.40 Å². The number of benzene rings is 1. The maximum absolute atomic E-state index is 12.9. The molecule has 0 aliphatic heterocycles. The number of sulfonamides is 1. The molecule has 2 heterocycles. The van der Waals surface area contributed by atoms with E-state index >= 15 is 0 Å². The third kappa shape index (κ3) is 2.90. The first kappa shape index (κ1) is 16.5. The lowest BCUT2D eigenvalue weighted by Crippen LogP contribution is -2.14. The van der Waals surface area contributed by atoms with Crippen LogP contribution in [-0.2, 0) is 10.0 Å². The number of para-hydroxylation sites is 1. The molecule has 7 nitrogen and oxygen atoms in total. The van der Waals surface area contributed by atoms with Crippen LogP contribution in [0.4, 0.5) is 5.69 Å². The molecule has 0 fully saturated rings. The Bertz CT molecular complexity index is 1010. The van der Waals surface area contributed by atoms with Crippen molar-refractivity contribution < 1.29 is 12.8 Å². The predicted molar refractivity (Wildman–Crippen MR) is 90.6 cm³/mol. The van der Waals surface area contributed by atoms with Crippen LogP contribution >= 0.6 is 11.6 Å². The Morgan fingerprint density at radius 3 is 2.46 bits per heavy atom. The standard InChI is InChI=1S/C15H15ClN4O3S/c1-8-13(15-19-18-10(3)23-15)14(9(2)17-8)24(21,22)20-12-7-5-4-6-11(12)16/h4-7,17,20H,1-3H3. The molecule has 2 aromatic heterocycles. The summed E-state index contributed by atoms with van der Waals surface area (Å²) in [6.07, 6.45) is 0. The van der Waals surface area contributed by atoms with Gasteiger partial charge in [-0.25, -0.2) is 8.42 Å². The van der Waals surface area contributed by atoms with Crippen LogP contribution in [0.25, 0.3) is 11.5 Å². The molecule has 3 aromatic rings. The number of hydrogen-bond acceptors (Lipinski definition) is 5. The van der Waals surface area contributed by atoms with Crippen molar-refractivity contribution in [1.29, 1.82) is 0 Å². The first-order valence-corrected chi connectivity index (χ1v) is 8.92. The van der Waals surface area contributed by atoms with Gasteiger partial charge in [0.05, 0.1) is 16.3 Å². The van der Waals surface area contributed by atoms with E-state index in [2.05, 4.69) is 19.9 Å². The number of halogens is 1. The van der Waals surface area contributed by atoms with Gasteiger partial charge in [-0.15, -0.1) is 10.2 Å². The van der Waals surface area contributed by atoms with Crippen molar-refractivity contribution in [2.75, 3.05) is 4.72 Å². The summed E-state index contributed by atoms with van der Waals surface area (Å²) >= 11 is 6.05. The lowest BCUT2D eigenvalue weighted by molar-refractivity contribution is 0.531. The minimum absolute atomic E-state index is 0.0589. The highest BCUT2D eigenvalue weighted by molar-refractivity contribution is 7.93. The summed E-state index contributed by atoms with van der Waals surface area (Å²) in [6, 6.07) is 6.61. The summed E-state index contributed by atoms with van der Waals surface area (Å²) in [5, 5.41) is 8.01. The fraction of sp³-hybridized carbons (Fsp3) is 0.200. The monoisotopic (exact) mass is 366 g/mol. The number of H-pyrrole nitrogens is 1. The molecule has 24 heavy (non-hydrogen) atoms. The lowest BCUT2D eigenvalue weighted by Gasteiger charge is -2.10. The molecule has 3 rings (SSSR count). The summed E-state index contributed by atoms with van der Waals surface area (Å²) in [4.78, 5) is 3.07. The number of nitrogens with one attached hydrogen (secondary N) is 2. The average molecular weight is 367 g/mol. The Balaban J connectivity index is 2.13. The van der Waals surface area contributed by atoms with Gasteiger partial charge in [-0.05, 0) is 26.0 Å². The second-order valence-corrected chi connectivity index (χ2v) is 7.32. The van der Waals surface area contributed by atoms with Gasteiger partial charge in [0.2, 0.25) is 5.89 Å². The molecule has 1 aromatic carbocycles. The molecule has 0 saturated carbocycles. The largest absolute Gasteiger partial charge is 0.421 e. The second-order valence-electron chi connectivity index (χ2n) is 5.29. The van der Waals surface area contributed by atoms with Crippen LogP contribution in [0, 0.1) is 20.8 Å². The molecular weight excluding hydrogens is 352 g/mol. The Hall–Kier alpha value is -2.32. The molecule has 2 N–H and O–H groups in total. The first-order chi connectivity index (χ1) is 11.3. The van der Waals surface area contributed by atoms with Gasteiger partial charge in [0, 0.05) is 18.3 Å². The molecule has 0 aliphatic carbocycles. The summed E-state index contributed by atoms with van der Waals surface area (Å²) in [7, 11) is -3.91. The van der Waals surface area contributed by atoms with E-state index in [1.165, 1.54) is 0 Å². The van der Waals surface area contributed by atoms with Crippen LogP contribution in [-0.4, -0.2) is 23.6 Å². The minimum atomic E-state index is -3.91. The lowest BCUT2D eigenvalue weighted by atomic mass is 10.2. The Kier molecular flexibility index (Phi) is 4.10. The molecule has 0 atom stereocenters. The van der Waals surface area contributed by atoms with Crippen molar-refractivity contribution in [2.45, 2.75) is 25.7 Å². The molecule has 9 heteroatoms. The number of nitrogens with zero attached hydrogens (tertiary/aromatic N) is 2. The fourth-order valence-corrected chi connectivity index (χ4v) is 4.26. The molecule has 0 aliphatic rings. The maximum atomic E-state index is 12.9. The van der Waals surface area contributed by atoms with Crippen molar-refractivity contribution in [3.8, 4) is 11.5 Å². The zero-order chi connectivity index (χ0) is 17.5. The van der Waals surface area contributed by atoms with Gasteiger partial charge in [-0.1, -0.05) is 23.7 Å². The predicted octanol–water partition coefficient (Wildman–Crippen LogP) is 3.44. The first-order valence-electron chi connectivity index (χ1n) is 7.06. The Morgan fingerprint density at radius 1 is 1.12 bits per heavy atom. The summed E-state index contributed by atoms with van der Waals surface area (Å²) in [5.41, 5.74) is 1.74. The van der Waals surface area contributed by atoms with E-state index in [1.807, 2.05) is 0 Å². The molecule has 0 unspecified atom stereocenters. The van der Waals surface area contributed by atoms with Crippen LogP contribution in [0.5, 0.6) is 0 Å². The van der Waals surface area contributed by atoms with E-state index < -0.39 is 10.0 Å². The SMILES string of the molecule is Cc1nnc(-c2c(C)[nH]c(C)c2S(=O)(=O)Nc2ccccc2Cl)o1. The highest BCUT2D eigenvalue weighted by Crippen LogP contribution is 2.34. The van der Waals surface area contributed by atoms with E-state index in [-0.39, 0.29) is 10.8 Å². The third-order valence-corrected chi connectivity index (χ3v) is 5.31. The molecule has 0 amide bonds. The van der Waals surface area contributed by atoms with E-state index in [9.17, 15) is 8.42 Å². The molecular formula is C15H15ClN4O3S. The van der Waals surface area contributed by atoms with Gasteiger partial charge in [-0.2, -0.15) is 0 Å². The van der Waals surface area contributed by atoms with Gasteiger partial charge in [0.15, 0.2) is 0 Å². The number of rotatable bonds is 4. The summed E-state index contributed by atoms with van der Waals surface area (Å²) in [6.45, 7) is 5.05. The van der Waals surface area contributed by atoms with E-state index in [4.69, 9.17) is 16.0 Å². The van der Waals surface area contributed by atoms with Crippen LogP contribution in [0.15, 0.2) is 33.6 Å². The number of aromatic amines is 1. The number of aryl methyl sites for hydroxylation is 3. The third-order valence-electron chi connectivity index (χ3n) is 3.44. The summed E-state index contributed by atoms with van der Waals surface area (Å²) < 4.78 is 33.7. The van der Waals surface area contributed by atoms with Crippen LogP contribution in [0.3, 0.4) is 0 Å². The van der Waals surface area contributed by atoms with Crippen molar-refractivity contribution in [1.82, 2.24) is 15.2 Å². The smallest absolute Gasteiger partial charge is 0.264 e. The van der Waals surface area contributed by atoms with Crippen LogP contribution in [0.2, 0.25) is 5.02 Å². The van der Waals surface area contributed by atoms with Crippen LogP contribution < -0.4 is 4.72 Å². The van der Waals surface area contributed by atoms with Gasteiger partial charge in [0.1, 0.15) is 4.90 Å². The zero-order valence-corrected chi connectivity index (χ0v) is 14.8. The highest BCUT2D eigenvalue weighted by Gasteiger charge is 2.29. The van der Waals surface area contributed by atoms with Crippen molar-refractivity contribution >= 4 is 27.3 Å². The number of aromatic nitrogens is 3. The van der Waals surface area contributed by atoms with Gasteiger partial charge >= 0.3 is 0 Å². The molecule has 0 saturated heterocycles. The van der Waals surface area contributed by atoms with E-state index in [0.717, 1.165) is 0 Å². The average Bonchev–Trinajstić information content (AvgIpc) is 3.04. The minimum Gasteiger partial charge on any atom is -0.421 e. The van der Waals surface area contributed by atoms with Crippen molar-refractivity contribution in [2.24, 2.45) is 0 Å². The van der Waals surface area contributed by atoms with Gasteiger partial charge in [0.25, 0.3) is 15.9 Å². The van der Waals surface area contributed by atoms with E-state index in [1.54, 1.807) is 45.0 Å². The summed E-state index contributed by atoms with van der Waals surface area (Å²) in [5.74, 6) is 0.500. The normalized spacial score (nSPS) is 11.7. The topological polar surface area (TPSA) is 101 Å². The van der Waals surface area contributed by atoms with Gasteiger partial charge in [-0.3, -0.25) is 4.72 Å². The molecule has 126 valence electrons. The Morgan fingerprint density at radius 2 is 1.83 bits per heavy atom. The molecule has 0 radical (unpaired) electrons. The Labute approximate surface area is 144 Å². The maximum Gasteiger partial charge on any atom is 0.264 e. The molecule has 0 bridgehead atoms. The second kappa shape index (κ2) is 5.95.